The molecule has 1 aromatic rings. The van der Waals surface area contributed by atoms with E-state index in [9.17, 15) is 19.4 Å². The van der Waals surface area contributed by atoms with Gasteiger partial charge in [0, 0.05) is 0 Å². The second-order valence-electron chi connectivity index (χ2n) is 4.46. The van der Waals surface area contributed by atoms with E-state index in [2.05, 4.69) is 4.74 Å². The average molecular weight is 286 g/mol. The number of esters is 1. The number of halogens is 1. The first-order valence-corrected chi connectivity index (χ1v) is 6.06. The van der Waals surface area contributed by atoms with Gasteiger partial charge in [0.25, 0.3) is 0 Å². The Hall–Kier alpha value is -1.54. The zero-order valence-electron chi connectivity index (χ0n) is 10.4. The van der Waals surface area contributed by atoms with Gasteiger partial charge in [0.15, 0.2) is 12.5 Å². The molecule has 20 heavy (non-hydrogen) atoms. The molecule has 5 atom stereocenters. The Morgan fingerprint density at radius 2 is 2.00 bits per heavy atom. The van der Waals surface area contributed by atoms with Crippen LogP contribution in [-0.4, -0.2) is 58.7 Å². The van der Waals surface area contributed by atoms with Crippen LogP contribution in [0, 0.1) is 0 Å². The van der Waals surface area contributed by atoms with Gasteiger partial charge in [-0.15, -0.1) is 0 Å². The van der Waals surface area contributed by atoms with Gasteiger partial charge in [-0.2, -0.15) is 0 Å². The number of alkyl halides is 1. The molecular formula is C13H15FO6. The van der Waals surface area contributed by atoms with Gasteiger partial charge >= 0.3 is 5.97 Å². The highest BCUT2D eigenvalue weighted by atomic mass is 19.1. The van der Waals surface area contributed by atoms with E-state index in [0.29, 0.717) is 5.56 Å². The lowest BCUT2D eigenvalue weighted by Crippen LogP contribution is -2.39. The smallest absolute Gasteiger partial charge is 0.338 e. The fourth-order valence-corrected chi connectivity index (χ4v) is 1.88. The summed E-state index contributed by atoms with van der Waals surface area (Å²) in [5, 5.41) is 28.0. The van der Waals surface area contributed by atoms with Gasteiger partial charge in [-0.25, -0.2) is 9.18 Å². The Balaban J connectivity index is 1.87. The average Bonchev–Trinajstić information content (AvgIpc) is 2.73. The van der Waals surface area contributed by atoms with Gasteiger partial charge in [-0.3, -0.25) is 0 Å². The number of carbonyl (C=O) groups excluding carboxylic acids is 1. The number of aliphatic hydroxyl groups excluding tert-OH is 3. The lowest BCUT2D eigenvalue weighted by Gasteiger charge is -2.19. The van der Waals surface area contributed by atoms with Crippen molar-refractivity contribution in [1.82, 2.24) is 0 Å². The number of rotatable bonds is 4. The molecule has 1 fully saturated rings. The topological polar surface area (TPSA) is 96.2 Å². The third-order valence-electron chi connectivity index (χ3n) is 3.00. The predicted octanol–water partition coefficient (Wildman–Crippen LogP) is -0.380. The summed E-state index contributed by atoms with van der Waals surface area (Å²) >= 11 is 0. The molecule has 3 unspecified atom stereocenters. The molecule has 0 spiro atoms. The molecule has 1 aliphatic rings. The molecule has 0 radical (unpaired) electrons. The molecule has 1 saturated heterocycles. The van der Waals surface area contributed by atoms with Gasteiger partial charge in [-0.05, 0) is 12.1 Å². The predicted molar refractivity (Wildman–Crippen MR) is 64.5 cm³/mol. The lowest BCUT2D eigenvalue weighted by molar-refractivity contribution is -0.150. The van der Waals surface area contributed by atoms with E-state index < -0.39 is 43.3 Å². The number of aliphatic hydroxyl groups is 3. The zero-order chi connectivity index (χ0) is 14.7. The molecule has 1 aliphatic heterocycles. The van der Waals surface area contributed by atoms with Crippen molar-refractivity contribution in [2.75, 3.05) is 6.61 Å². The van der Waals surface area contributed by atoms with Crippen molar-refractivity contribution in [3.05, 3.63) is 35.9 Å². The van der Waals surface area contributed by atoms with Gasteiger partial charge in [-0.1, -0.05) is 18.2 Å². The minimum Gasteiger partial charge on any atom is -0.459 e. The summed E-state index contributed by atoms with van der Waals surface area (Å²) in [6, 6.07) is 8.10. The maximum atomic E-state index is 13.5. The molecule has 1 heterocycles. The van der Waals surface area contributed by atoms with Crippen LogP contribution in [0.5, 0.6) is 0 Å². The van der Waals surface area contributed by atoms with E-state index >= 15 is 0 Å². The summed E-state index contributed by atoms with van der Waals surface area (Å²) in [5.41, 5.74) is 0.295. The molecule has 2 rings (SSSR count). The maximum absolute atomic E-state index is 13.5. The van der Waals surface area contributed by atoms with Crippen LogP contribution in [0.1, 0.15) is 10.4 Å². The van der Waals surface area contributed by atoms with Gasteiger partial charge in [0.05, 0.1) is 5.56 Å². The fourth-order valence-electron chi connectivity index (χ4n) is 1.88. The van der Waals surface area contributed by atoms with Crippen LogP contribution in [-0.2, 0) is 9.47 Å². The van der Waals surface area contributed by atoms with E-state index in [1.54, 1.807) is 18.2 Å². The number of carbonyl (C=O) groups is 1. The standard InChI is InChI=1S/C13H15FO6/c14-9-10(16)13(18)20-11(9)8(15)6-19-12(17)7-4-2-1-3-5-7/h1-5,8-11,13,15-16,18H,6H2/t8?,9?,10-,11+,13?/m0/s1. The number of ether oxygens (including phenoxy) is 2. The summed E-state index contributed by atoms with van der Waals surface area (Å²) in [4.78, 5) is 11.6. The van der Waals surface area contributed by atoms with Crippen molar-refractivity contribution >= 4 is 5.97 Å². The number of hydrogen-bond donors (Lipinski definition) is 3. The molecule has 0 aliphatic carbocycles. The van der Waals surface area contributed by atoms with Crippen LogP contribution < -0.4 is 0 Å². The molecule has 0 aromatic heterocycles. The van der Waals surface area contributed by atoms with Crippen molar-refractivity contribution in [2.45, 2.75) is 30.8 Å². The van der Waals surface area contributed by atoms with Crippen LogP contribution in [0.15, 0.2) is 30.3 Å². The SMILES string of the molecule is O=C(OCC(O)[C@H]1OC(O)[C@@H](O)C1F)c1ccccc1. The molecule has 0 bridgehead atoms. The highest BCUT2D eigenvalue weighted by Crippen LogP contribution is 2.25. The third-order valence-corrected chi connectivity index (χ3v) is 3.00. The molecule has 7 heteroatoms. The van der Waals surface area contributed by atoms with E-state index in [1.807, 2.05) is 0 Å². The van der Waals surface area contributed by atoms with E-state index in [-0.39, 0.29) is 0 Å². The highest BCUT2D eigenvalue weighted by molar-refractivity contribution is 5.89. The molecule has 1 aromatic carbocycles. The Morgan fingerprint density at radius 3 is 2.55 bits per heavy atom. The first-order valence-electron chi connectivity index (χ1n) is 6.06. The highest BCUT2D eigenvalue weighted by Gasteiger charge is 2.46. The van der Waals surface area contributed by atoms with Crippen LogP contribution in [0.25, 0.3) is 0 Å². The monoisotopic (exact) mass is 286 g/mol. The lowest BCUT2D eigenvalue weighted by atomic mass is 10.1. The van der Waals surface area contributed by atoms with Crippen LogP contribution in [0.4, 0.5) is 4.39 Å². The van der Waals surface area contributed by atoms with E-state index in [0.717, 1.165) is 0 Å². The summed E-state index contributed by atoms with van der Waals surface area (Å²) in [6.45, 7) is -0.502. The van der Waals surface area contributed by atoms with Gasteiger partial charge in [0.2, 0.25) is 0 Å². The Morgan fingerprint density at radius 1 is 1.35 bits per heavy atom. The molecule has 3 N–H and O–H groups in total. The Kier molecular flexibility index (Phi) is 4.66. The van der Waals surface area contributed by atoms with Gasteiger partial charge in [0.1, 0.15) is 24.9 Å². The van der Waals surface area contributed by atoms with E-state index in [1.165, 1.54) is 12.1 Å². The summed E-state index contributed by atoms with van der Waals surface area (Å²) in [5.74, 6) is -0.667. The van der Waals surface area contributed by atoms with Crippen LogP contribution in [0.2, 0.25) is 0 Å². The molecule has 6 nitrogen and oxygen atoms in total. The first kappa shape index (κ1) is 14.9. The minimum atomic E-state index is -1.95. The van der Waals surface area contributed by atoms with Crippen molar-refractivity contribution in [2.24, 2.45) is 0 Å². The van der Waals surface area contributed by atoms with Crippen molar-refractivity contribution in [3.8, 4) is 0 Å². The second kappa shape index (κ2) is 6.27. The van der Waals surface area contributed by atoms with Crippen molar-refractivity contribution in [3.63, 3.8) is 0 Å². The minimum absolute atomic E-state index is 0.295. The molecular weight excluding hydrogens is 271 g/mol. The number of hydrogen-bond acceptors (Lipinski definition) is 6. The molecule has 110 valence electrons. The van der Waals surface area contributed by atoms with Crippen LogP contribution >= 0.6 is 0 Å². The molecule has 0 amide bonds. The van der Waals surface area contributed by atoms with Crippen molar-refractivity contribution < 1.29 is 34.0 Å². The zero-order valence-corrected chi connectivity index (χ0v) is 10.4. The summed E-state index contributed by atoms with van der Waals surface area (Å²) in [7, 11) is 0. The van der Waals surface area contributed by atoms with Crippen molar-refractivity contribution in [1.29, 1.82) is 0 Å². The quantitative estimate of drug-likeness (QED) is 0.653. The first-order chi connectivity index (χ1) is 9.50. The van der Waals surface area contributed by atoms with Gasteiger partial charge < -0.3 is 24.8 Å². The Labute approximate surface area is 114 Å². The molecule has 0 saturated carbocycles. The summed E-state index contributed by atoms with van der Waals surface area (Å²) < 4.78 is 23.0. The third kappa shape index (κ3) is 3.13. The fraction of sp³-hybridized carbons (Fsp3) is 0.462. The summed E-state index contributed by atoms with van der Waals surface area (Å²) in [6.07, 6.45) is -8.29. The number of benzene rings is 1. The largest absolute Gasteiger partial charge is 0.459 e. The second-order valence-corrected chi connectivity index (χ2v) is 4.46. The van der Waals surface area contributed by atoms with E-state index in [4.69, 9.17) is 9.84 Å². The maximum Gasteiger partial charge on any atom is 0.338 e. The normalized spacial score (nSPS) is 31.0. The van der Waals surface area contributed by atoms with Crippen LogP contribution in [0.3, 0.4) is 0 Å². The Bertz CT molecular complexity index is 453.